The third kappa shape index (κ3) is 6.01. The summed E-state index contributed by atoms with van der Waals surface area (Å²) in [6, 6.07) is 17.4. The second-order valence-electron chi connectivity index (χ2n) is 7.14. The maximum atomic E-state index is 12.1. The van der Waals surface area contributed by atoms with Crippen molar-refractivity contribution in [2.24, 2.45) is 5.92 Å². The van der Waals surface area contributed by atoms with Crippen molar-refractivity contribution in [3.63, 3.8) is 0 Å². The molecule has 6 nitrogen and oxygen atoms in total. The number of rotatable bonds is 7. The lowest BCUT2D eigenvalue weighted by Crippen LogP contribution is -2.43. The Morgan fingerprint density at radius 3 is 2.39 bits per heavy atom. The zero-order valence-electron chi connectivity index (χ0n) is 15.8. The van der Waals surface area contributed by atoms with Crippen LogP contribution in [-0.2, 0) is 17.9 Å². The monoisotopic (exact) mass is 382 g/mol. The molecule has 0 aliphatic heterocycles. The van der Waals surface area contributed by atoms with E-state index in [0.29, 0.717) is 38.8 Å². The predicted octanol–water partition coefficient (Wildman–Crippen LogP) is 3.71. The predicted molar refractivity (Wildman–Crippen MR) is 106 cm³/mol. The van der Waals surface area contributed by atoms with Crippen molar-refractivity contribution in [3.8, 4) is 5.75 Å². The average molecular weight is 382 g/mol. The first-order valence-corrected chi connectivity index (χ1v) is 9.63. The normalized spacial score (nSPS) is 18.9. The maximum absolute atomic E-state index is 12.1. The Hall–Kier alpha value is -3.02. The molecule has 0 bridgehead atoms. The summed E-state index contributed by atoms with van der Waals surface area (Å²) >= 11 is 0. The highest BCUT2D eigenvalue weighted by Gasteiger charge is 2.26. The van der Waals surface area contributed by atoms with Crippen LogP contribution in [0.2, 0.25) is 0 Å². The number of carboxylic acids is 1. The van der Waals surface area contributed by atoms with Crippen LogP contribution in [0.3, 0.4) is 0 Å². The standard InChI is InChI=1S/C22H26N2O4/c25-21(26)18-9-11-19(12-10-18)24-22(27)23-14-16-5-4-6-17(13-16)15-28-20-7-2-1-3-8-20/h1-8,13,18-19H,9-12,14-15H2,(H,25,26)(H2,23,24,27). The largest absolute Gasteiger partial charge is 0.489 e. The van der Waals surface area contributed by atoms with E-state index in [-0.39, 0.29) is 18.0 Å². The van der Waals surface area contributed by atoms with E-state index in [1.165, 1.54) is 0 Å². The van der Waals surface area contributed by atoms with Gasteiger partial charge in [-0.2, -0.15) is 0 Å². The average Bonchev–Trinajstić information content (AvgIpc) is 2.72. The summed E-state index contributed by atoms with van der Waals surface area (Å²) in [6.45, 7) is 0.895. The van der Waals surface area contributed by atoms with E-state index in [2.05, 4.69) is 10.6 Å². The highest BCUT2D eigenvalue weighted by molar-refractivity contribution is 5.74. The Morgan fingerprint density at radius 2 is 1.68 bits per heavy atom. The molecular weight excluding hydrogens is 356 g/mol. The Labute approximate surface area is 164 Å². The fourth-order valence-corrected chi connectivity index (χ4v) is 3.42. The first-order valence-electron chi connectivity index (χ1n) is 9.63. The van der Waals surface area contributed by atoms with Gasteiger partial charge in [-0.15, -0.1) is 0 Å². The van der Waals surface area contributed by atoms with E-state index in [1.807, 2.05) is 54.6 Å². The smallest absolute Gasteiger partial charge is 0.315 e. The van der Waals surface area contributed by atoms with E-state index < -0.39 is 5.97 Å². The number of para-hydroxylation sites is 1. The molecule has 2 aromatic carbocycles. The second kappa shape index (κ2) is 9.78. The Kier molecular flexibility index (Phi) is 6.89. The lowest BCUT2D eigenvalue weighted by molar-refractivity contribution is -0.142. The Bertz CT molecular complexity index is 786. The van der Waals surface area contributed by atoms with Crippen LogP contribution >= 0.6 is 0 Å². The van der Waals surface area contributed by atoms with Crippen molar-refractivity contribution in [1.82, 2.24) is 10.6 Å². The molecule has 0 radical (unpaired) electrons. The summed E-state index contributed by atoms with van der Waals surface area (Å²) in [7, 11) is 0. The molecule has 0 atom stereocenters. The van der Waals surface area contributed by atoms with E-state index >= 15 is 0 Å². The van der Waals surface area contributed by atoms with E-state index in [1.54, 1.807) is 0 Å². The maximum Gasteiger partial charge on any atom is 0.315 e. The van der Waals surface area contributed by atoms with Gasteiger partial charge >= 0.3 is 12.0 Å². The Morgan fingerprint density at radius 1 is 0.964 bits per heavy atom. The molecule has 0 saturated heterocycles. The van der Waals surface area contributed by atoms with Gasteiger partial charge in [-0.3, -0.25) is 4.79 Å². The number of nitrogens with one attached hydrogen (secondary N) is 2. The number of carbonyl (C=O) groups is 2. The van der Waals surface area contributed by atoms with Gasteiger partial charge in [0.25, 0.3) is 0 Å². The molecule has 0 aromatic heterocycles. The van der Waals surface area contributed by atoms with Gasteiger partial charge in [-0.05, 0) is 48.9 Å². The van der Waals surface area contributed by atoms with Crippen LogP contribution in [0.1, 0.15) is 36.8 Å². The van der Waals surface area contributed by atoms with Crippen LogP contribution in [0.25, 0.3) is 0 Å². The molecule has 2 aromatic rings. The lowest BCUT2D eigenvalue weighted by atomic mass is 9.86. The number of ether oxygens (including phenoxy) is 1. The minimum Gasteiger partial charge on any atom is -0.489 e. The molecule has 1 aliphatic rings. The van der Waals surface area contributed by atoms with Crippen molar-refractivity contribution in [3.05, 3.63) is 65.7 Å². The fraction of sp³-hybridized carbons (Fsp3) is 0.364. The summed E-state index contributed by atoms with van der Waals surface area (Å²) < 4.78 is 5.76. The van der Waals surface area contributed by atoms with Crippen LogP contribution in [0.4, 0.5) is 4.79 Å². The van der Waals surface area contributed by atoms with Crippen LogP contribution in [0.5, 0.6) is 5.75 Å². The summed E-state index contributed by atoms with van der Waals surface area (Å²) in [5.41, 5.74) is 2.04. The van der Waals surface area contributed by atoms with Gasteiger partial charge in [0.05, 0.1) is 5.92 Å². The molecule has 0 spiro atoms. The van der Waals surface area contributed by atoms with Crippen molar-refractivity contribution in [2.45, 2.75) is 44.9 Å². The summed E-state index contributed by atoms with van der Waals surface area (Å²) in [5, 5.41) is 14.8. The molecule has 6 heteroatoms. The molecule has 2 amide bonds. The molecule has 148 valence electrons. The van der Waals surface area contributed by atoms with E-state index in [0.717, 1.165) is 16.9 Å². The van der Waals surface area contributed by atoms with Gasteiger partial charge in [0, 0.05) is 12.6 Å². The lowest BCUT2D eigenvalue weighted by Gasteiger charge is -2.26. The molecule has 0 heterocycles. The number of amides is 2. The first kappa shape index (κ1) is 19.7. The van der Waals surface area contributed by atoms with Gasteiger partial charge in [0.15, 0.2) is 0 Å². The third-order valence-corrected chi connectivity index (χ3v) is 5.00. The van der Waals surface area contributed by atoms with Crippen molar-refractivity contribution in [1.29, 1.82) is 0 Å². The number of aliphatic carboxylic acids is 1. The minimum absolute atomic E-state index is 0.0428. The van der Waals surface area contributed by atoms with Crippen LogP contribution < -0.4 is 15.4 Å². The summed E-state index contributed by atoms with van der Waals surface area (Å²) in [4.78, 5) is 23.1. The third-order valence-electron chi connectivity index (χ3n) is 5.00. The van der Waals surface area contributed by atoms with Crippen molar-refractivity contribution >= 4 is 12.0 Å². The van der Waals surface area contributed by atoms with Gasteiger partial charge in [0.1, 0.15) is 12.4 Å². The van der Waals surface area contributed by atoms with Gasteiger partial charge in [0.2, 0.25) is 0 Å². The molecule has 1 fully saturated rings. The molecule has 1 saturated carbocycles. The minimum atomic E-state index is -0.737. The number of carboxylic acid groups (broad SMARTS) is 1. The van der Waals surface area contributed by atoms with Crippen molar-refractivity contribution in [2.75, 3.05) is 0 Å². The highest BCUT2D eigenvalue weighted by atomic mass is 16.5. The molecule has 3 rings (SSSR count). The summed E-state index contributed by atoms with van der Waals surface area (Å²) in [6.07, 6.45) is 2.64. The molecule has 28 heavy (non-hydrogen) atoms. The fourth-order valence-electron chi connectivity index (χ4n) is 3.42. The number of hydrogen-bond acceptors (Lipinski definition) is 3. The van der Waals surface area contributed by atoms with Gasteiger partial charge in [-0.25, -0.2) is 4.79 Å². The Balaban J connectivity index is 1.42. The summed E-state index contributed by atoms with van der Waals surface area (Å²) in [5.74, 6) is -0.191. The molecule has 3 N–H and O–H groups in total. The topological polar surface area (TPSA) is 87.7 Å². The number of benzene rings is 2. The number of carbonyl (C=O) groups excluding carboxylic acids is 1. The molecule has 1 aliphatic carbocycles. The number of urea groups is 1. The van der Waals surface area contributed by atoms with Crippen LogP contribution in [-0.4, -0.2) is 23.1 Å². The van der Waals surface area contributed by atoms with E-state index in [4.69, 9.17) is 9.84 Å². The quantitative estimate of drug-likeness (QED) is 0.681. The second-order valence-corrected chi connectivity index (χ2v) is 7.14. The van der Waals surface area contributed by atoms with Gasteiger partial charge in [-0.1, -0.05) is 42.5 Å². The number of hydrogen-bond donors (Lipinski definition) is 3. The van der Waals surface area contributed by atoms with Gasteiger partial charge < -0.3 is 20.5 Å². The van der Waals surface area contributed by atoms with Crippen LogP contribution in [0, 0.1) is 5.92 Å². The molecular formula is C22H26N2O4. The zero-order valence-corrected chi connectivity index (χ0v) is 15.8. The van der Waals surface area contributed by atoms with Crippen LogP contribution in [0.15, 0.2) is 54.6 Å². The highest BCUT2D eigenvalue weighted by Crippen LogP contribution is 2.24. The van der Waals surface area contributed by atoms with E-state index in [9.17, 15) is 9.59 Å². The first-order chi connectivity index (χ1) is 13.6. The SMILES string of the molecule is O=C(NCc1cccc(COc2ccccc2)c1)NC1CCC(C(=O)O)CC1. The molecule has 0 unspecified atom stereocenters. The van der Waals surface area contributed by atoms with Crippen molar-refractivity contribution < 1.29 is 19.4 Å². The zero-order chi connectivity index (χ0) is 19.8.